The smallest absolute Gasteiger partial charge is 0.274 e. The van der Waals surface area contributed by atoms with Crippen LogP contribution < -0.4 is 20.9 Å². The molecule has 2 fully saturated rings. The molecule has 0 bridgehead atoms. The number of H-pyrrole nitrogens is 1. The topological polar surface area (TPSA) is 190 Å². The van der Waals surface area contributed by atoms with Gasteiger partial charge in [-0.1, -0.05) is 12.1 Å². The molecule has 2 saturated heterocycles. The Balaban J connectivity index is 0.000000176. The number of hydrogen-bond donors (Lipinski definition) is 1. The van der Waals surface area contributed by atoms with Crippen molar-refractivity contribution in [1.82, 2.24) is 58.0 Å². The van der Waals surface area contributed by atoms with Crippen LogP contribution in [0.15, 0.2) is 95.6 Å². The summed E-state index contributed by atoms with van der Waals surface area (Å²) in [6.45, 7) is 18.0. The molecular formula is C52H60N14O5. The second-order valence-corrected chi connectivity index (χ2v) is 18.9. The Morgan fingerprint density at radius 2 is 1.03 bits per heavy atom. The molecule has 2 aromatic carbocycles. The van der Waals surface area contributed by atoms with E-state index in [1.54, 1.807) is 54.3 Å². The predicted molar refractivity (Wildman–Crippen MR) is 274 cm³/mol. The second-order valence-electron chi connectivity index (χ2n) is 18.9. The number of anilines is 2. The average molecular weight is 961 g/mol. The van der Waals surface area contributed by atoms with Crippen LogP contribution in [-0.4, -0.2) is 127 Å². The number of hydrogen-bond acceptors (Lipinski definition) is 11. The Kier molecular flexibility index (Phi) is 13.1. The maximum atomic E-state index is 12.9. The number of benzene rings is 2. The third-order valence-electron chi connectivity index (χ3n) is 14.1. The highest BCUT2D eigenvalue weighted by Gasteiger charge is 2.28. The molecule has 2 aliphatic heterocycles. The monoisotopic (exact) mass is 960 g/mol. The highest BCUT2D eigenvalue weighted by Crippen LogP contribution is 2.27. The third kappa shape index (κ3) is 9.38. The summed E-state index contributed by atoms with van der Waals surface area (Å²) in [5.41, 5.74) is 9.47. The standard InChI is InChI=1S/C27H31N7O3.C25H29N7O2/c1-17-13-32(19(3)35)15-23(17)16-34-25-10-21(6-7-24(25)26(37)30(34)5)22-11-28-27(29-12-22)31-8-9-33(20(4)36)18(2)14-31;1-16-10-26-11-21(16)15-32-23-9-19(5-6-22(23)24(34)29(32)4)20-12-27-25(28-13-20)30-7-8-31(18(3)33)17(2)14-30/h6-7,10-13,15,18H,8-9,14,16H2,1-5H3;5-6,9-13,17,26H,7-8,14-15H2,1-4H3/t18-;17-/m11/s1. The van der Waals surface area contributed by atoms with Gasteiger partial charge in [-0.15, -0.1) is 0 Å². The van der Waals surface area contributed by atoms with Crippen molar-refractivity contribution in [2.45, 2.75) is 73.6 Å². The molecule has 8 aromatic rings. The first-order valence-electron chi connectivity index (χ1n) is 23.9. The molecule has 0 aliphatic carbocycles. The van der Waals surface area contributed by atoms with Crippen molar-refractivity contribution in [2.24, 2.45) is 14.1 Å². The number of carbonyl (C=O) groups excluding carboxylic acids is 3. The number of nitrogens with zero attached hydrogens (tertiary/aromatic N) is 13. The van der Waals surface area contributed by atoms with E-state index in [2.05, 4.69) is 41.6 Å². The van der Waals surface area contributed by atoms with Crippen LogP contribution in [0.3, 0.4) is 0 Å². The SMILES string of the molecule is CC(=O)N1CCN(c2ncc(-c3ccc4c(=O)n(C)n(Cc5c[nH]cc5C)c4c3)cn2)C[C@H]1C.CC(=O)N1CCN(c2ncc(-c3ccc4c(=O)n(C)n(Cc5cn(C(C)=O)cc5C)c4c3)cn2)C[C@H]1C. The number of aromatic nitrogens is 10. The number of nitrogens with one attached hydrogen (secondary N) is 1. The summed E-state index contributed by atoms with van der Waals surface area (Å²) in [6.07, 6.45) is 14.8. The van der Waals surface area contributed by atoms with Gasteiger partial charge >= 0.3 is 0 Å². The van der Waals surface area contributed by atoms with Crippen LogP contribution in [0.4, 0.5) is 11.9 Å². The van der Waals surface area contributed by atoms with Crippen LogP contribution >= 0.6 is 0 Å². The molecule has 0 radical (unpaired) electrons. The van der Waals surface area contributed by atoms with Gasteiger partial charge < -0.3 is 24.6 Å². The van der Waals surface area contributed by atoms with E-state index in [1.165, 1.54) is 6.92 Å². The zero-order valence-electron chi connectivity index (χ0n) is 41.7. The van der Waals surface area contributed by atoms with Crippen LogP contribution in [-0.2, 0) is 36.8 Å². The molecule has 0 spiro atoms. The minimum Gasteiger partial charge on any atom is -0.367 e. The fourth-order valence-corrected chi connectivity index (χ4v) is 9.88. The summed E-state index contributed by atoms with van der Waals surface area (Å²) in [5.74, 6) is 1.44. The summed E-state index contributed by atoms with van der Waals surface area (Å²) in [7, 11) is 3.55. The number of rotatable bonds is 8. The molecule has 71 heavy (non-hydrogen) atoms. The minimum absolute atomic E-state index is 0.0137. The highest BCUT2D eigenvalue weighted by molar-refractivity contribution is 5.86. The van der Waals surface area contributed by atoms with E-state index in [0.29, 0.717) is 75.0 Å². The molecule has 2 aliphatic rings. The van der Waals surface area contributed by atoms with Crippen LogP contribution in [0, 0.1) is 13.8 Å². The summed E-state index contributed by atoms with van der Waals surface area (Å²) in [5, 5.41) is 1.32. The second kappa shape index (κ2) is 19.4. The predicted octanol–water partition coefficient (Wildman–Crippen LogP) is 5.21. The van der Waals surface area contributed by atoms with E-state index < -0.39 is 0 Å². The molecule has 368 valence electrons. The molecule has 2 amide bonds. The van der Waals surface area contributed by atoms with Gasteiger partial charge in [-0.05, 0) is 85.3 Å². The van der Waals surface area contributed by atoms with Crippen molar-refractivity contribution in [1.29, 1.82) is 0 Å². The summed E-state index contributed by atoms with van der Waals surface area (Å²) < 4.78 is 8.78. The average Bonchev–Trinajstić information content (AvgIpc) is 4.08. The largest absolute Gasteiger partial charge is 0.367 e. The first kappa shape index (κ1) is 48.0. The van der Waals surface area contributed by atoms with E-state index in [4.69, 9.17) is 0 Å². The number of piperazine rings is 2. The van der Waals surface area contributed by atoms with E-state index in [9.17, 15) is 24.0 Å². The lowest BCUT2D eigenvalue weighted by Crippen LogP contribution is -2.53. The molecule has 8 heterocycles. The fraction of sp³-hybridized carbons (Fsp3) is 0.365. The van der Waals surface area contributed by atoms with Gasteiger partial charge in [0.15, 0.2) is 0 Å². The van der Waals surface area contributed by atoms with Gasteiger partial charge in [0, 0.05) is 147 Å². The van der Waals surface area contributed by atoms with Gasteiger partial charge in [0.05, 0.1) is 34.9 Å². The Morgan fingerprint density at radius 3 is 1.41 bits per heavy atom. The highest BCUT2D eigenvalue weighted by atomic mass is 16.2. The van der Waals surface area contributed by atoms with Crippen molar-refractivity contribution >= 4 is 51.4 Å². The number of carbonyl (C=O) groups is 3. The van der Waals surface area contributed by atoms with Crippen LogP contribution in [0.1, 0.15) is 61.7 Å². The van der Waals surface area contributed by atoms with Crippen LogP contribution in [0.2, 0.25) is 0 Å². The Bertz CT molecular complexity index is 3430. The van der Waals surface area contributed by atoms with Gasteiger partial charge in [0.25, 0.3) is 11.1 Å². The molecule has 6 aromatic heterocycles. The van der Waals surface area contributed by atoms with Crippen molar-refractivity contribution in [3.63, 3.8) is 0 Å². The van der Waals surface area contributed by atoms with Crippen molar-refractivity contribution in [2.75, 3.05) is 49.1 Å². The Hall–Kier alpha value is -8.09. The number of amides is 2. The van der Waals surface area contributed by atoms with Crippen molar-refractivity contribution < 1.29 is 14.4 Å². The van der Waals surface area contributed by atoms with Gasteiger partial charge in [-0.3, -0.25) is 47.3 Å². The molecule has 0 saturated carbocycles. The lowest BCUT2D eigenvalue weighted by atomic mass is 10.1. The lowest BCUT2D eigenvalue weighted by Gasteiger charge is -2.39. The lowest BCUT2D eigenvalue weighted by molar-refractivity contribution is -0.132. The minimum atomic E-state index is -0.0735. The van der Waals surface area contributed by atoms with E-state index in [1.807, 2.05) is 114 Å². The molecule has 1 N–H and O–H groups in total. The maximum absolute atomic E-state index is 12.9. The van der Waals surface area contributed by atoms with Gasteiger partial charge in [0.1, 0.15) is 0 Å². The number of aromatic amines is 1. The number of fused-ring (bicyclic) bond motifs is 2. The zero-order valence-corrected chi connectivity index (χ0v) is 41.7. The van der Waals surface area contributed by atoms with Gasteiger partial charge in [-0.25, -0.2) is 19.9 Å². The Morgan fingerprint density at radius 1 is 0.577 bits per heavy atom. The molecule has 10 rings (SSSR count). The first-order chi connectivity index (χ1) is 34.0. The summed E-state index contributed by atoms with van der Waals surface area (Å²) in [4.78, 5) is 90.6. The van der Waals surface area contributed by atoms with Crippen LogP contribution in [0.25, 0.3) is 44.1 Å². The molecular weight excluding hydrogens is 901 g/mol. The van der Waals surface area contributed by atoms with Crippen LogP contribution in [0.5, 0.6) is 0 Å². The van der Waals surface area contributed by atoms with E-state index in [-0.39, 0.29) is 40.9 Å². The molecule has 2 atom stereocenters. The molecule has 19 heteroatoms. The van der Waals surface area contributed by atoms with Crippen molar-refractivity contribution in [3.05, 3.63) is 129 Å². The van der Waals surface area contributed by atoms with Gasteiger partial charge in [0.2, 0.25) is 29.6 Å². The Labute approximate surface area is 410 Å². The molecule has 19 nitrogen and oxygen atoms in total. The van der Waals surface area contributed by atoms with Crippen molar-refractivity contribution in [3.8, 4) is 22.3 Å². The quantitative estimate of drug-likeness (QED) is 0.211. The third-order valence-corrected chi connectivity index (χ3v) is 14.1. The number of aryl methyl sites for hydroxylation is 2. The summed E-state index contributed by atoms with van der Waals surface area (Å²) in [6, 6.07) is 11.8. The maximum Gasteiger partial charge on any atom is 0.274 e. The summed E-state index contributed by atoms with van der Waals surface area (Å²) >= 11 is 0. The normalized spacial score (nSPS) is 16.2. The van der Waals surface area contributed by atoms with Gasteiger partial charge in [-0.2, -0.15) is 0 Å². The zero-order chi connectivity index (χ0) is 50.4. The first-order valence-corrected chi connectivity index (χ1v) is 23.9. The fourth-order valence-electron chi connectivity index (χ4n) is 9.88. The van der Waals surface area contributed by atoms with E-state index in [0.717, 1.165) is 55.5 Å². The molecule has 0 unspecified atom stereocenters. The van der Waals surface area contributed by atoms with E-state index >= 15 is 0 Å².